The van der Waals surface area contributed by atoms with Gasteiger partial charge in [-0.2, -0.15) is 0 Å². The van der Waals surface area contributed by atoms with E-state index in [1.807, 2.05) is 42.6 Å². The van der Waals surface area contributed by atoms with Crippen LogP contribution in [0.3, 0.4) is 0 Å². The molecule has 0 aliphatic heterocycles. The minimum atomic E-state index is -0.223. The van der Waals surface area contributed by atoms with Crippen LogP contribution in [0.25, 0.3) is 11.1 Å². The van der Waals surface area contributed by atoms with Gasteiger partial charge >= 0.3 is 5.97 Å². The molecule has 0 saturated heterocycles. The topological polar surface area (TPSA) is 39.2 Å². The van der Waals surface area contributed by atoms with Crippen LogP contribution in [-0.2, 0) is 16.0 Å². The molecule has 3 heteroatoms. The third-order valence-electron chi connectivity index (χ3n) is 2.52. The van der Waals surface area contributed by atoms with Crippen molar-refractivity contribution in [2.24, 2.45) is 0 Å². The molecule has 2 aromatic rings. The molecule has 0 unspecified atom stereocenters. The van der Waals surface area contributed by atoms with E-state index in [0.717, 1.165) is 16.7 Å². The Morgan fingerprint density at radius 2 is 1.94 bits per heavy atom. The highest BCUT2D eigenvalue weighted by Crippen LogP contribution is 2.18. The summed E-state index contributed by atoms with van der Waals surface area (Å²) in [6, 6.07) is 11.7. The van der Waals surface area contributed by atoms with Crippen LogP contribution in [0, 0.1) is 0 Å². The van der Waals surface area contributed by atoms with Gasteiger partial charge in [-0.25, -0.2) is 0 Å². The molecule has 3 nitrogen and oxygen atoms in total. The van der Waals surface area contributed by atoms with Crippen molar-refractivity contribution in [2.45, 2.75) is 6.42 Å². The Labute approximate surface area is 100 Å². The number of hydrogen-bond acceptors (Lipinski definition) is 3. The van der Waals surface area contributed by atoms with Gasteiger partial charge in [-0.15, -0.1) is 0 Å². The number of nitrogens with zero attached hydrogens (tertiary/aromatic N) is 1. The molecule has 1 aromatic heterocycles. The second-order valence-electron chi connectivity index (χ2n) is 3.69. The van der Waals surface area contributed by atoms with Crippen LogP contribution < -0.4 is 0 Å². The van der Waals surface area contributed by atoms with Crippen LogP contribution in [0.4, 0.5) is 0 Å². The van der Waals surface area contributed by atoms with Crippen molar-refractivity contribution in [3.8, 4) is 11.1 Å². The lowest BCUT2D eigenvalue weighted by molar-refractivity contribution is -0.139. The third-order valence-corrected chi connectivity index (χ3v) is 2.52. The third kappa shape index (κ3) is 2.91. The molecule has 0 saturated carbocycles. The molecule has 0 fully saturated rings. The normalized spacial score (nSPS) is 9.94. The average Bonchev–Trinajstić information content (AvgIpc) is 2.40. The van der Waals surface area contributed by atoms with Gasteiger partial charge in [-0.3, -0.25) is 9.78 Å². The van der Waals surface area contributed by atoms with Gasteiger partial charge in [0.1, 0.15) is 0 Å². The zero-order valence-corrected chi connectivity index (χ0v) is 9.59. The second kappa shape index (κ2) is 5.25. The summed E-state index contributed by atoms with van der Waals surface area (Å²) < 4.78 is 4.62. The Morgan fingerprint density at radius 1 is 1.18 bits per heavy atom. The van der Waals surface area contributed by atoms with Crippen LogP contribution >= 0.6 is 0 Å². The summed E-state index contributed by atoms with van der Waals surface area (Å²) in [7, 11) is 1.40. The van der Waals surface area contributed by atoms with Crippen LogP contribution in [0.15, 0.2) is 48.8 Å². The molecular weight excluding hydrogens is 214 g/mol. The molecule has 0 spiro atoms. The number of esters is 1. The Hall–Kier alpha value is -2.16. The van der Waals surface area contributed by atoms with Gasteiger partial charge in [0.15, 0.2) is 0 Å². The van der Waals surface area contributed by atoms with Crippen molar-refractivity contribution in [1.29, 1.82) is 0 Å². The Balaban J connectivity index is 2.16. The molecule has 2 rings (SSSR count). The minimum Gasteiger partial charge on any atom is -0.469 e. The highest BCUT2D eigenvalue weighted by molar-refractivity contribution is 5.73. The molecule has 0 N–H and O–H groups in total. The SMILES string of the molecule is COC(=O)Cc1ccc(-c2cccnc2)cc1. The first-order valence-corrected chi connectivity index (χ1v) is 5.36. The van der Waals surface area contributed by atoms with Gasteiger partial charge in [0, 0.05) is 12.4 Å². The van der Waals surface area contributed by atoms with Crippen molar-refractivity contribution in [1.82, 2.24) is 4.98 Å². The molecule has 0 aliphatic rings. The summed E-state index contributed by atoms with van der Waals surface area (Å²) in [4.78, 5) is 15.2. The number of pyridine rings is 1. The Kier molecular flexibility index (Phi) is 3.50. The van der Waals surface area contributed by atoms with Gasteiger partial charge in [-0.05, 0) is 22.8 Å². The van der Waals surface area contributed by atoms with E-state index in [0.29, 0.717) is 6.42 Å². The molecular formula is C14H13NO2. The summed E-state index contributed by atoms with van der Waals surface area (Å²) in [5, 5.41) is 0. The van der Waals surface area contributed by atoms with E-state index in [4.69, 9.17) is 0 Å². The van der Waals surface area contributed by atoms with Gasteiger partial charge in [-0.1, -0.05) is 30.3 Å². The quantitative estimate of drug-likeness (QED) is 0.756. The lowest BCUT2D eigenvalue weighted by Crippen LogP contribution is -2.04. The first-order chi connectivity index (χ1) is 8.29. The molecule has 0 atom stereocenters. The zero-order valence-electron chi connectivity index (χ0n) is 9.59. The summed E-state index contributed by atoms with van der Waals surface area (Å²) in [6.07, 6.45) is 3.87. The van der Waals surface area contributed by atoms with Crippen molar-refractivity contribution in [3.63, 3.8) is 0 Å². The summed E-state index contributed by atoms with van der Waals surface area (Å²) in [5.41, 5.74) is 3.10. The highest BCUT2D eigenvalue weighted by atomic mass is 16.5. The molecule has 0 bridgehead atoms. The van der Waals surface area contributed by atoms with Crippen molar-refractivity contribution < 1.29 is 9.53 Å². The predicted molar refractivity (Wildman–Crippen MR) is 65.4 cm³/mol. The fourth-order valence-electron chi connectivity index (χ4n) is 1.59. The first-order valence-electron chi connectivity index (χ1n) is 5.36. The zero-order chi connectivity index (χ0) is 12.1. The molecule has 1 aromatic carbocycles. The number of aromatic nitrogens is 1. The van der Waals surface area contributed by atoms with E-state index in [2.05, 4.69) is 9.72 Å². The fourth-order valence-corrected chi connectivity index (χ4v) is 1.59. The van der Waals surface area contributed by atoms with E-state index < -0.39 is 0 Å². The number of benzene rings is 1. The first kappa shape index (κ1) is 11.3. The smallest absolute Gasteiger partial charge is 0.309 e. The maximum absolute atomic E-state index is 11.1. The number of rotatable bonds is 3. The second-order valence-corrected chi connectivity index (χ2v) is 3.69. The minimum absolute atomic E-state index is 0.223. The monoisotopic (exact) mass is 227 g/mol. The van der Waals surface area contributed by atoms with Gasteiger partial charge < -0.3 is 4.74 Å². The van der Waals surface area contributed by atoms with Crippen molar-refractivity contribution >= 4 is 5.97 Å². The highest BCUT2D eigenvalue weighted by Gasteiger charge is 2.03. The number of carbonyl (C=O) groups is 1. The van der Waals surface area contributed by atoms with Gasteiger partial charge in [0.2, 0.25) is 0 Å². The van der Waals surface area contributed by atoms with E-state index in [-0.39, 0.29) is 5.97 Å². The summed E-state index contributed by atoms with van der Waals surface area (Å²) in [5.74, 6) is -0.223. The van der Waals surface area contributed by atoms with Crippen molar-refractivity contribution in [2.75, 3.05) is 7.11 Å². The van der Waals surface area contributed by atoms with Crippen molar-refractivity contribution in [3.05, 3.63) is 54.4 Å². The summed E-state index contributed by atoms with van der Waals surface area (Å²) in [6.45, 7) is 0. The van der Waals surface area contributed by atoms with E-state index in [9.17, 15) is 4.79 Å². The lowest BCUT2D eigenvalue weighted by atomic mass is 10.0. The van der Waals surface area contributed by atoms with Gasteiger partial charge in [0.05, 0.1) is 13.5 Å². The molecule has 86 valence electrons. The Bertz CT molecular complexity index is 491. The van der Waals surface area contributed by atoms with Crippen LogP contribution in [0.2, 0.25) is 0 Å². The van der Waals surface area contributed by atoms with Crippen LogP contribution in [-0.4, -0.2) is 18.1 Å². The molecule has 0 aliphatic carbocycles. The fraction of sp³-hybridized carbons (Fsp3) is 0.143. The standard InChI is InChI=1S/C14H13NO2/c1-17-14(16)9-11-4-6-12(7-5-11)13-3-2-8-15-10-13/h2-8,10H,9H2,1H3. The average molecular weight is 227 g/mol. The molecule has 17 heavy (non-hydrogen) atoms. The largest absolute Gasteiger partial charge is 0.469 e. The van der Waals surface area contributed by atoms with Gasteiger partial charge in [0.25, 0.3) is 0 Å². The number of methoxy groups -OCH3 is 1. The molecule has 0 amide bonds. The van der Waals surface area contributed by atoms with E-state index >= 15 is 0 Å². The van der Waals surface area contributed by atoms with E-state index in [1.54, 1.807) is 6.20 Å². The van der Waals surface area contributed by atoms with Crippen LogP contribution in [0.1, 0.15) is 5.56 Å². The predicted octanol–water partition coefficient (Wildman–Crippen LogP) is 2.46. The Morgan fingerprint density at radius 3 is 2.53 bits per heavy atom. The maximum atomic E-state index is 11.1. The molecule has 1 heterocycles. The number of hydrogen-bond donors (Lipinski definition) is 0. The maximum Gasteiger partial charge on any atom is 0.309 e. The number of ether oxygens (including phenoxy) is 1. The number of carbonyl (C=O) groups excluding carboxylic acids is 1. The lowest BCUT2D eigenvalue weighted by Gasteiger charge is -2.03. The summed E-state index contributed by atoms with van der Waals surface area (Å²) >= 11 is 0. The van der Waals surface area contributed by atoms with E-state index in [1.165, 1.54) is 7.11 Å². The van der Waals surface area contributed by atoms with Crippen LogP contribution in [0.5, 0.6) is 0 Å². The molecule has 0 radical (unpaired) electrons.